The fourth-order valence-corrected chi connectivity index (χ4v) is 2.31. The first-order chi connectivity index (χ1) is 12.3. The van der Waals surface area contributed by atoms with Crippen LogP contribution < -0.4 is 10.6 Å². The van der Waals surface area contributed by atoms with Crippen molar-refractivity contribution < 1.29 is 9.59 Å². The van der Waals surface area contributed by atoms with Gasteiger partial charge in [-0.3, -0.25) is 9.59 Å². The first-order valence-corrected chi connectivity index (χ1v) is 8.85. The van der Waals surface area contributed by atoms with Crippen LogP contribution >= 0.6 is 0 Å². The Morgan fingerprint density at radius 3 is 2.08 bits per heavy atom. The van der Waals surface area contributed by atoms with Gasteiger partial charge in [0.05, 0.1) is 0 Å². The fraction of sp³-hybridized carbons (Fsp3) is 0.273. The summed E-state index contributed by atoms with van der Waals surface area (Å²) in [4.78, 5) is 23.9. The van der Waals surface area contributed by atoms with E-state index in [0.717, 1.165) is 5.56 Å². The quantitative estimate of drug-likeness (QED) is 0.716. The van der Waals surface area contributed by atoms with Crippen LogP contribution in [0.5, 0.6) is 0 Å². The van der Waals surface area contributed by atoms with Gasteiger partial charge in [0.1, 0.15) is 0 Å². The van der Waals surface area contributed by atoms with Crippen LogP contribution in [0.3, 0.4) is 0 Å². The molecular weight excluding hydrogens is 324 g/mol. The molecule has 0 fully saturated rings. The summed E-state index contributed by atoms with van der Waals surface area (Å²) in [7, 11) is 0. The van der Waals surface area contributed by atoms with E-state index in [1.165, 1.54) is 11.6 Å². The Morgan fingerprint density at radius 2 is 1.50 bits per heavy atom. The first-order valence-electron chi connectivity index (χ1n) is 8.85. The molecule has 0 unspecified atom stereocenters. The van der Waals surface area contributed by atoms with Crippen LogP contribution in [0.1, 0.15) is 44.7 Å². The lowest BCUT2D eigenvalue weighted by Gasteiger charge is -2.09. The lowest BCUT2D eigenvalue weighted by Crippen LogP contribution is -2.17. The van der Waals surface area contributed by atoms with E-state index in [1.54, 1.807) is 30.3 Å². The van der Waals surface area contributed by atoms with Crippen molar-refractivity contribution in [2.45, 2.75) is 33.6 Å². The van der Waals surface area contributed by atoms with Gasteiger partial charge in [-0.1, -0.05) is 58.0 Å². The average molecular weight is 350 g/mol. The van der Waals surface area contributed by atoms with Gasteiger partial charge in [-0.05, 0) is 41.3 Å². The van der Waals surface area contributed by atoms with E-state index >= 15 is 0 Å². The molecule has 2 aromatic carbocycles. The molecule has 2 rings (SSSR count). The van der Waals surface area contributed by atoms with Crippen molar-refractivity contribution in [2.24, 2.45) is 5.92 Å². The number of amides is 2. The maximum absolute atomic E-state index is 12.1. The summed E-state index contributed by atoms with van der Waals surface area (Å²) in [5.41, 5.74) is 3.54. The maximum atomic E-state index is 12.1. The zero-order valence-electron chi connectivity index (χ0n) is 15.7. The Balaban J connectivity index is 1.97. The second kappa shape index (κ2) is 8.99. The molecule has 0 aliphatic carbocycles. The number of hydrogen-bond acceptors (Lipinski definition) is 2. The number of hydrogen-bond donors (Lipinski definition) is 2. The van der Waals surface area contributed by atoms with Crippen LogP contribution in [0, 0.1) is 5.92 Å². The second-order valence-corrected chi connectivity index (χ2v) is 6.87. The van der Waals surface area contributed by atoms with Gasteiger partial charge in [-0.2, -0.15) is 0 Å². The third-order valence-electron chi connectivity index (χ3n) is 3.95. The minimum absolute atomic E-state index is 0.0572. The highest BCUT2D eigenvalue weighted by Gasteiger charge is 2.07. The Morgan fingerprint density at radius 1 is 0.885 bits per heavy atom. The minimum Gasteiger partial charge on any atom is -0.326 e. The Hall–Kier alpha value is -2.88. The Labute approximate surface area is 155 Å². The van der Waals surface area contributed by atoms with Crippen molar-refractivity contribution in [1.82, 2.24) is 0 Å². The molecule has 136 valence electrons. The van der Waals surface area contributed by atoms with Crippen molar-refractivity contribution in [1.29, 1.82) is 0 Å². The molecule has 2 N–H and O–H groups in total. The summed E-state index contributed by atoms with van der Waals surface area (Å²) < 4.78 is 0. The lowest BCUT2D eigenvalue weighted by molar-refractivity contribution is -0.119. The van der Waals surface area contributed by atoms with Crippen molar-refractivity contribution in [3.05, 3.63) is 65.7 Å². The van der Waals surface area contributed by atoms with Crippen molar-refractivity contribution in [2.75, 3.05) is 10.6 Å². The molecule has 4 heteroatoms. The standard InChI is InChI=1S/C22H26N2O2/c1-15(2)18-11-8-17(9-12-18)10-13-21(25)23-19-6-5-7-20(14-19)24-22(26)16(3)4/h5-16H,1-4H3,(H,23,25)(H,24,26)/b13-10+. The molecule has 0 bridgehead atoms. The molecular formula is C22H26N2O2. The highest BCUT2D eigenvalue weighted by atomic mass is 16.2. The van der Waals surface area contributed by atoms with E-state index in [-0.39, 0.29) is 17.7 Å². The van der Waals surface area contributed by atoms with Gasteiger partial charge in [0.25, 0.3) is 0 Å². The number of carbonyl (C=O) groups is 2. The molecule has 2 aromatic rings. The van der Waals surface area contributed by atoms with Gasteiger partial charge in [0.2, 0.25) is 11.8 Å². The normalized spacial score (nSPS) is 11.2. The number of benzene rings is 2. The predicted molar refractivity (Wildman–Crippen MR) is 108 cm³/mol. The van der Waals surface area contributed by atoms with E-state index in [9.17, 15) is 9.59 Å². The molecule has 0 heterocycles. The topological polar surface area (TPSA) is 58.2 Å². The molecule has 26 heavy (non-hydrogen) atoms. The lowest BCUT2D eigenvalue weighted by atomic mass is 10.0. The molecule has 0 spiro atoms. The predicted octanol–water partition coefficient (Wildman–Crippen LogP) is 5.06. The van der Waals surface area contributed by atoms with Crippen molar-refractivity contribution in [3.8, 4) is 0 Å². The smallest absolute Gasteiger partial charge is 0.248 e. The van der Waals surface area contributed by atoms with E-state index in [2.05, 4.69) is 36.6 Å². The summed E-state index contributed by atoms with van der Waals surface area (Å²) in [6.45, 7) is 7.96. The van der Waals surface area contributed by atoms with Gasteiger partial charge in [0, 0.05) is 23.4 Å². The first kappa shape index (κ1) is 19.4. The fourth-order valence-electron chi connectivity index (χ4n) is 2.31. The summed E-state index contributed by atoms with van der Waals surface area (Å²) in [6.07, 6.45) is 3.29. The highest BCUT2D eigenvalue weighted by Crippen LogP contribution is 2.17. The summed E-state index contributed by atoms with van der Waals surface area (Å²) in [6, 6.07) is 15.3. The Kier molecular flexibility index (Phi) is 6.73. The maximum Gasteiger partial charge on any atom is 0.248 e. The average Bonchev–Trinajstić information content (AvgIpc) is 2.60. The molecule has 2 amide bonds. The molecule has 0 aliphatic rings. The minimum atomic E-state index is -0.217. The molecule has 0 radical (unpaired) electrons. The third-order valence-corrected chi connectivity index (χ3v) is 3.95. The summed E-state index contributed by atoms with van der Waals surface area (Å²) in [5, 5.41) is 5.63. The van der Waals surface area contributed by atoms with Gasteiger partial charge in [0.15, 0.2) is 0 Å². The highest BCUT2D eigenvalue weighted by molar-refractivity contribution is 6.02. The SMILES string of the molecule is CC(C)C(=O)Nc1cccc(NC(=O)/C=C/c2ccc(C(C)C)cc2)c1. The van der Waals surface area contributed by atoms with Crippen LogP contribution in [-0.2, 0) is 9.59 Å². The third kappa shape index (κ3) is 5.88. The molecule has 4 nitrogen and oxygen atoms in total. The van der Waals surface area contributed by atoms with Crippen LogP contribution in [-0.4, -0.2) is 11.8 Å². The largest absolute Gasteiger partial charge is 0.326 e. The van der Waals surface area contributed by atoms with Crippen LogP contribution in [0.2, 0.25) is 0 Å². The summed E-state index contributed by atoms with van der Waals surface area (Å²) >= 11 is 0. The van der Waals surface area contributed by atoms with Gasteiger partial charge in [-0.15, -0.1) is 0 Å². The zero-order chi connectivity index (χ0) is 19.1. The van der Waals surface area contributed by atoms with Crippen LogP contribution in [0.25, 0.3) is 6.08 Å². The van der Waals surface area contributed by atoms with E-state index in [4.69, 9.17) is 0 Å². The van der Waals surface area contributed by atoms with Crippen LogP contribution in [0.15, 0.2) is 54.6 Å². The monoisotopic (exact) mass is 350 g/mol. The molecule has 0 saturated heterocycles. The number of nitrogens with one attached hydrogen (secondary N) is 2. The van der Waals surface area contributed by atoms with Crippen molar-refractivity contribution >= 4 is 29.3 Å². The van der Waals surface area contributed by atoms with E-state index < -0.39 is 0 Å². The molecule has 0 atom stereocenters. The van der Waals surface area contributed by atoms with Gasteiger partial charge >= 0.3 is 0 Å². The summed E-state index contributed by atoms with van der Waals surface area (Å²) in [5.74, 6) is 0.113. The molecule has 0 aliphatic heterocycles. The Bertz CT molecular complexity index is 790. The van der Waals surface area contributed by atoms with Crippen molar-refractivity contribution in [3.63, 3.8) is 0 Å². The van der Waals surface area contributed by atoms with Gasteiger partial charge in [-0.25, -0.2) is 0 Å². The molecule has 0 aromatic heterocycles. The van der Waals surface area contributed by atoms with Crippen LogP contribution in [0.4, 0.5) is 11.4 Å². The van der Waals surface area contributed by atoms with E-state index in [1.807, 2.05) is 26.0 Å². The van der Waals surface area contributed by atoms with Gasteiger partial charge < -0.3 is 10.6 Å². The van der Waals surface area contributed by atoms with E-state index in [0.29, 0.717) is 17.3 Å². The number of anilines is 2. The second-order valence-electron chi connectivity index (χ2n) is 6.87. The number of carbonyl (C=O) groups excluding carboxylic acids is 2. The zero-order valence-corrected chi connectivity index (χ0v) is 15.7. The number of rotatable bonds is 6. The molecule has 0 saturated carbocycles.